The molecule has 0 atom stereocenters. The van der Waals surface area contributed by atoms with E-state index in [4.69, 9.17) is 0 Å². The van der Waals surface area contributed by atoms with Gasteiger partial charge in [-0.3, -0.25) is 4.72 Å². The molecular formula is C15H21N3O2S. The smallest absolute Gasteiger partial charge is 0.263 e. The minimum absolute atomic E-state index is 0.293. The van der Waals surface area contributed by atoms with Gasteiger partial charge in [-0.2, -0.15) is 0 Å². The Morgan fingerprint density at radius 3 is 2.48 bits per heavy atom. The van der Waals surface area contributed by atoms with Crippen molar-refractivity contribution >= 4 is 15.7 Å². The number of rotatable bonds is 7. The molecule has 0 aliphatic rings. The van der Waals surface area contributed by atoms with Gasteiger partial charge in [0.25, 0.3) is 10.0 Å². The van der Waals surface area contributed by atoms with Crippen molar-refractivity contribution in [3.63, 3.8) is 0 Å². The Balaban J connectivity index is 2.25. The quantitative estimate of drug-likeness (QED) is 0.826. The molecule has 6 heteroatoms. The minimum atomic E-state index is -3.55. The summed E-state index contributed by atoms with van der Waals surface area (Å²) in [7, 11) is -3.55. The Bertz CT molecular complexity index is 678. The van der Waals surface area contributed by atoms with Crippen molar-refractivity contribution in [3.8, 4) is 0 Å². The topological polar surface area (TPSA) is 63.1 Å². The number of hydrogen-bond donors (Lipinski definition) is 2. The van der Waals surface area contributed by atoms with Gasteiger partial charge in [-0.05, 0) is 31.7 Å². The van der Waals surface area contributed by atoms with Gasteiger partial charge in [0.05, 0.1) is 0 Å². The summed E-state index contributed by atoms with van der Waals surface area (Å²) in [4.78, 5) is 0.293. The van der Waals surface area contributed by atoms with Crippen LogP contribution < -0.4 is 10.0 Å². The molecule has 114 valence electrons. The molecule has 0 aliphatic carbocycles. The van der Waals surface area contributed by atoms with Crippen LogP contribution in [-0.2, 0) is 23.1 Å². The van der Waals surface area contributed by atoms with Gasteiger partial charge in [-0.1, -0.05) is 25.1 Å². The van der Waals surface area contributed by atoms with Crippen LogP contribution in [0.15, 0.2) is 47.5 Å². The lowest BCUT2D eigenvalue weighted by Gasteiger charge is -2.05. The van der Waals surface area contributed by atoms with Gasteiger partial charge in [-0.15, -0.1) is 0 Å². The molecule has 0 saturated heterocycles. The first-order chi connectivity index (χ1) is 10.1. The van der Waals surface area contributed by atoms with Crippen molar-refractivity contribution in [1.82, 2.24) is 9.88 Å². The Morgan fingerprint density at radius 2 is 1.86 bits per heavy atom. The molecule has 2 N–H and O–H groups in total. The minimum Gasteiger partial charge on any atom is -0.349 e. The molecule has 5 nitrogen and oxygen atoms in total. The summed E-state index contributed by atoms with van der Waals surface area (Å²) in [5.74, 6) is 0. The molecule has 0 radical (unpaired) electrons. The van der Waals surface area contributed by atoms with Crippen LogP contribution in [0.2, 0.25) is 0 Å². The van der Waals surface area contributed by atoms with Crippen molar-refractivity contribution < 1.29 is 8.42 Å². The molecule has 1 heterocycles. The van der Waals surface area contributed by atoms with Gasteiger partial charge in [0.15, 0.2) is 0 Å². The number of sulfonamides is 1. The number of aryl methyl sites for hydroxylation is 1. The monoisotopic (exact) mass is 307 g/mol. The highest BCUT2D eigenvalue weighted by Gasteiger charge is 2.18. The van der Waals surface area contributed by atoms with E-state index in [2.05, 4.69) is 10.0 Å². The standard InChI is InChI=1S/C15H21N3O2S/c1-3-16-11-14-10-15(12-18(14)4-2)21(19,20)17-13-8-6-5-7-9-13/h5-10,12,16-17H,3-4,11H2,1-2H3. The Kier molecular flexibility index (Phi) is 5.03. The first-order valence-electron chi connectivity index (χ1n) is 7.04. The summed E-state index contributed by atoms with van der Waals surface area (Å²) in [5.41, 5.74) is 1.53. The molecule has 0 spiro atoms. The van der Waals surface area contributed by atoms with Crippen molar-refractivity contribution in [3.05, 3.63) is 48.3 Å². The van der Waals surface area contributed by atoms with Crippen LogP contribution in [0.5, 0.6) is 0 Å². The maximum absolute atomic E-state index is 12.4. The molecular weight excluding hydrogens is 286 g/mol. The van der Waals surface area contributed by atoms with E-state index in [0.717, 1.165) is 18.8 Å². The van der Waals surface area contributed by atoms with E-state index < -0.39 is 10.0 Å². The first kappa shape index (κ1) is 15.6. The summed E-state index contributed by atoms with van der Waals surface area (Å²) in [5, 5.41) is 3.22. The normalized spacial score (nSPS) is 11.5. The predicted molar refractivity (Wildman–Crippen MR) is 84.7 cm³/mol. The highest BCUT2D eigenvalue weighted by Crippen LogP contribution is 2.18. The largest absolute Gasteiger partial charge is 0.349 e. The Morgan fingerprint density at radius 1 is 1.14 bits per heavy atom. The fourth-order valence-electron chi connectivity index (χ4n) is 2.09. The van der Waals surface area contributed by atoms with Gasteiger partial charge in [0, 0.05) is 30.7 Å². The lowest BCUT2D eigenvalue weighted by atomic mass is 10.3. The first-order valence-corrected chi connectivity index (χ1v) is 8.52. The van der Waals surface area contributed by atoms with Gasteiger partial charge in [-0.25, -0.2) is 8.42 Å². The predicted octanol–water partition coefficient (Wildman–Crippen LogP) is 2.42. The zero-order valence-corrected chi connectivity index (χ0v) is 13.2. The second-order valence-corrected chi connectivity index (χ2v) is 6.39. The molecule has 0 amide bonds. The molecule has 1 aromatic carbocycles. The fraction of sp³-hybridized carbons (Fsp3) is 0.333. The Hall–Kier alpha value is -1.79. The average Bonchev–Trinajstić information content (AvgIpc) is 2.90. The van der Waals surface area contributed by atoms with Crippen LogP contribution >= 0.6 is 0 Å². The molecule has 0 aliphatic heterocycles. The lowest BCUT2D eigenvalue weighted by molar-refractivity contribution is 0.600. The summed E-state index contributed by atoms with van der Waals surface area (Å²) in [6.07, 6.45) is 1.68. The highest BCUT2D eigenvalue weighted by atomic mass is 32.2. The summed E-state index contributed by atoms with van der Waals surface area (Å²) >= 11 is 0. The Labute approximate surface area is 126 Å². The zero-order chi connectivity index (χ0) is 15.3. The second kappa shape index (κ2) is 6.78. The highest BCUT2D eigenvalue weighted by molar-refractivity contribution is 7.92. The molecule has 2 rings (SSSR count). The molecule has 0 fully saturated rings. The third kappa shape index (κ3) is 3.86. The van der Waals surface area contributed by atoms with E-state index in [1.165, 1.54) is 0 Å². The number of hydrogen-bond acceptors (Lipinski definition) is 3. The second-order valence-electron chi connectivity index (χ2n) is 4.71. The van der Waals surface area contributed by atoms with Gasteiger partial charge < -0.3 is 9.88 Å². The molecule has 0 saturated carbocycles. The van der Waals surface area contributed by atoms with Crippen LogP contribution in [0, 0.1) is 0 Å². The van der Waals surface area contributed by atoms with Crippen molar-refractivity contribution in [2.45, 2.75) is 31.8 Å². The van der Waals surface area contributed by atoms with Crippen LogP contribution in [0.3, 0.4) is 0 Å². The summed E-state index contributed by atoms with van der Waals surface area (Å²) in [6.45, 7) is 6.26. The molecule has 0 unspecified atom stereocenters. The van der Waals surface area contributed by atoms with Crippen molar-refractivity contribution in [1.29, 1.82) is 0 Å². The van der Waals surface area contributed by atoms with E-state index in [9.17, 15) is 8.42 Å². The van der Waals surface area contributed by atoms with Crippen molar-refractivity contribution in [2.75, 3.05) is 11.3 Å². The number of nitrogens with zero attached hydrogens (tertiary/aromatic N) is 1. The van der Waals surface area contributed by atoms with Crippen LogP contribution in [0.4, 0.5) is 5.69 Å². The lowest BCUT2D eigenvalue weighted by Crippen LogP contribution is -2.14. The van der Waals surface area contributed by atoms with E-state index >= 15 is 0 Å². The number of anilines is 1. The number of benzene rings is 1. The average molecular weight is 307 g/mol. The van der Waals surface area contributed by atoms with Crippen LogP contribution in [0.25, 0.3) is 0 Å². The molecule has 2 aromatic rings. The van der Waals surface area contributed by atoms with E-state index in [1.807, 2.05) is 24.5 Å². The molecule has 1 aromatic heterocycles. The number of para-hydroxylation sites is 1. The number of nitrogens with one attached hydrogen (secondary N) is 2. The van der Waals surface area contributed by atoms with E-state index in [-0.39, 0.29) is 0 Å². The maximum atomic E-state index is 12.4. The third-order valence-electron chi connectivity index (χ3n) is 3.19. The van der Waals surface area contributed by atoms with Crippen LogP contribution in [0.1, 0.15) is 19.5 Å². The number of aromatic nitrogens is 1. The van der Waals surface area contributed by atoms with E-state index in [1.54, 1.807) is 36.5 Å². The third-order valence-corrected chi connectivity index (χ3v) is 4.54. The van der Waals surface area contributed by atoms with E-state index in [0.29, 0.717) is 17.1 Å². The SMILES string of the molecule is CCNCc1cc(S(=O)(=O)Nc2ccccc2)cn1CC. The molecule has 21 heavy (non-hydrogen) atoms. The summed E-state index contributed by atoms with van der Waals surface area (Å²) < 4.78 is 29.4. The zero-order valence-electron chi connectivity index (χ0n) is 12.3. The summed E-state index contributed by atoms with van der Waals surface area (Å²) in [6, 6.07) is 10.6. The van der Waals surface area contributed by atoms with Crippen molar-refractivity contribution in [2.24, 2.45) is 0 Å². The fourth-order valence-corrected chi connectivity index (χ4v) is 3.21. The maximum Gasteiger partial charge on any atom is 0.263 e. The van der Waals surface area contributed by atoms with Gasteiger partial charge in [0.2, 0.25) is 0 Å². The van der Waals surface area contributed by atoms with Gasteiger partial charge >= 0.3 is 0 Å². The van der Waals surface area contributed by atoms with Crippen LogP contribution in [-0.4, -0.2) is 19.5 Å². The van der Waals surface area contributed by atoms with Gasteiger partial charge in [0.1, 0.15) is 4.90 Å². The molecule has 0 bridgehead atoms.